The molecule has 0 bridgehead atoms. The maximum atomic E-state index is 12.7. The van der Waals surface area contributed by atoms with Gasteiger partial charge in [0.25, 0.3) is 5.91 Å². The van der Waals surface area contributed by atoms with Crippen molar-refractivity contribution in [1.82, 2.24) is 41.1 Å². The zero-order chi connectivity index (χ0) is 21.6. The van der Waals surface area contributed by atoms with Crippen molar-refractivity contribution >= 4 is 17.8 Å². The van der Waals surface area contributed by atoms with Crippen LogP contribution in [0.15, 0.2) is 10.9 Å². The number of carbonyl (C=O) groups excluding carboxylic acids is 3. The second-order valence-corrected chi connectivity index (χ2v) is 7.45. The summed E-state index contributed by atoms with van der Waals surface area (Å²) in [7, 11) is 0. The number of hydrogen-bond acceptors (Lipinski definition) is 8. The molecule has 1 unspecified atom stereocenters. The zero-order valence-electron chi connectivity index (χ0n) is 17.1. The van der Waals surface area contributed by atoms with Crippen LogP contribution >= 0.6 is 0 Å². The Balaban J connectivity index is 1.47. The fourth-order valence-corrected chi connectivity index (χ4v) is 3.20. The first kappa shape index (κ1) is 21.4. The average Bonchev–Trinajstić information content (AvgIpc) is 3.44. The van der Waals surface area contributed by atoms with Crippen LogP contribution in [-0.4, -0.2) is 53.7 Å². The summed E-state index contributed by atoms with van der Waals surface area (Å²) < 4.78 is 5.07. The van der Waals surface area contributed by atoms with Gasteiger partial charge >= 0.3 is 6.03 Å². The van der Waals surface area contributed by atoms with Crippen LogP contribution in [0.4, 0.5) is 4.79 Å². The average molecular weight is 418 g/mol. The van der Waals surface area contributed by atoms with Crippen LogP contribution in [0.3, 0.4) is 0 Å². The van der Waals surface area contributed by atoms with E-state index in [1.54, 1.807) is 6.92 Å². The number of aryl methyl sites for hydroxylation is 1. The van der Waals surface area contributed by atoms with Gasteiger partial charge in [0.1, 0.15) is 11.9 Å². The Morgan fingerprint density at radius 1 is 1.27 bits per heavy atom. The molecule has 0 aliphatic carbocycles. The first-order valence-electron chi connectivity index (χ1n) is 10.1. The minimum Gasteiger partial charge on any atom is -0.339 e. The number of imide groups is 1. The van der Waals surface area contributed by atoms with Crippen molar-refractivity contribution in [2.24, 2.45) is 0 Å². The number of hydrogen-bond donors (Lipinski definition) is 3. The third-order valence-corrected chi connectivity index (χ3v) is 4.94. The van der Waals surface area contributed by atoms with E-state index in [2.05, 4.69) is 43.0 Å². The maximum absolute atomic E-state index is 12.7. The summed E-state index contributed by atoms with van der Waals surface area (Å²) >= 11 is 0. The van der Waals surface area contributed by atoms with Gasteiger partial charge in [-0.05, 0) is 13.3 Å². The van der Waals surface area contributed by atoms with Gasteiger partial charge in [-0.2, -0.15) is 15.1 Å². The molecule has 12 nitrogen and oxygen atoms in total. The first-order valence-corrected chi connectivity index (χ1v) is 10.1. The molecule has 1 atom stereocenters. The Kier molecular flexibility index (Phi) is 6.75. The molecule has 2 aromatic heterocycles. The molecule has 1 aliphatic heterocycles. The topological polar surface area (TPSA) is 159 Å². The molecular weight excluding hydrogens is 392 g/mol. The number of nitrogens with one attached hydrogen (secondary N) is 3. The minimum atomic E-state index is -1.00. The predicted molar refractivity (Wildman–Crippen MR) is 103 cm³/mol. The molecular formula is C18H26N8O4. The van der Waals surface area contributed by atoms with Crippen molar-refractivity contribution in [2.45, 2.75) is 70.8 Å². The van der Waals surface area contributed by atoms with Crippen molar-refractivity contribution in [3.05, 3.63) is 12.2 Å². The molecule has 0 radical (unpaired) electrons. The number of aromatic nitrogens is 5. The van der Waals surface area contributed by atoms with Gasteiger partial charge in [0.15, 0.2) is 5.82 Å². The van der Waals surface area contributed by atoms with E-state index in [1.807, 2.05) is 0 Å². The molecule has 3 N–H and O–H groups in total. The second-order valence-electron chi connectivity index (χ2n) is 7.45. The van der Waals surface area contributed by atoms with Crippen molar-refractivity contribution in [3.8, 4) is 11.6 Å². The van der Waals surface area contributed by atoms with E-state index in [-0.39, 0.29) is 24.6 Å². The first-order chi connectivity index (χ1) is 14.4. The monoisotopic (exact) mass is 418 g/mol. The van der Waals surface area contributed by atoms with E-state index in [0.717, 1.165) is 37.1 Å². The van der Waals surface area contributed by atoms with Crippen LogP contribution in [-0.2, 0) is 16.0 Å². The van der Waals surface area contributed by atoms with E-state index >= 15 is 0 Å². The fourth-order valence-electron chi connectivity index (χ4n) is 3.20. The lowest BCUT2D eigenvalue weighted by molar-refractivity contribution is -0.138. The highest BCUT2D eigenvalue weighted by Gasteiger charge is 2.48. The predicted octanol–water partition coefficient (Wildman–Crippen LogP) is 1.49. The van der Waals surface area contributed by atoms with Gasteiger partial charge in [-0.15, -0.1) is 0 Å². The summed E-state index contributed by atoms with van der Waals surface area (Å²) in [6.07, 6.45) is 7.16. The van der Waals surface area contributed by atoms with Gasteiger partial charge in [0.05, 0.1) is 0 Å². The van der Waals surface area contributed by atoms with E-state index in [4.69, 9.17) is 4.52 Å². The van der Waals surface area contributed by atoms with Gasteiger partial charge < -0.3 is 9.84 Å². The number of H-pyrrole nitrogens is 1. The number of hydrazine groups is 1. The molecule has 1 aliphatic rings. The summed E-state index contributed by atoms with van der Waals surface area (Å²) in [5.41, 5.74) is 1.36. The maximum Gasteiger partial charge on any atom is 0.344 e. The van der Waals surface area contributed by atoms with Crippen molar-refractivity contribution < 1.29 is 18.9 Å². The Labute approximate surface area is 173 Å². The summed E-state index contributed by atoms with van der Waals surface area (Å²) in [5, 5.41) is 13.5. The molecule has 1 fully saturated rings. The zero-order valence-corrected chi connectivity index (χ0v) is 17.1. The summed E-state index contributed by atoms with van der Waals surface area (Å²) in [4.78, 5) is 45.1. The highest BCUT2D eigenvalue weighted by Crippen LogP contribution is 2.23. The van der Waals surface area contributed by atoms with Crippen LogP contribution in [0.1, 0.15) is 64.7 Å². The van der Waals surface area contributed by atoms with Gasteiger partial charge in [-0.1, -0.05) is 44.2 Å². The van der Waals surface area contributed by atoms with Crippen LogP contribution in [0.2, 0.25) is 0 Å². The molecule has 12 heteroatoms. The van der Waals surface area contributed by atoms with E-state index in [1.165, 1.54) is 6.33 Å². The van der Waals surface area contributed by atoms with Crippen LogP contribution in [0.5, 0.6) is 0 Å². The molecule has 2 aromatic rings. The lowest BCUT2D eigenvalue weighted by atomic mass is 9.94. The molecule has 1 saturated heterocycles. The summed E-state index contributed by atoms with van der Waals surface area (Å²) in [6, 6.07) is -0.630. The van der Waals surface area contributed by atoms with E-state index in [0.29, 0.717) is 12.2 Å². The SMILES string of the molecule is CCCCCCCC1(C)NC(=O)N(NC(=O)CCc2nc(-c3ncn[nH]3)no2)C1=O. The molecule has 3 rings (SSSR count). The molecule has 162 valence electrons. The Morgan fingerprint density at radius 3 is 2.80 bits per heavy atom. The summed E-state index contributed by atoms with van der Waals surface area (Å²) in [6.45, 7) is 3.82. The van der Waals surface area contributed by atoms with Gasteiger partial charge in [-0.25, -0.2) is 9.78 Å². The molecule has 0 aromatic carbocycles. The van der Waals surface area contributed by atoms with Gasteiger partial charge in [0.2, 0.25) is 17.6 Å². The van der Waals surface area contributed by atoms with Crippen LogP contribution in [0, 0.1) is 0 Å². The van der Waals surface area contributed by atoms with E-state index in [9.17, 15) is 14.4 Å². The fraction of sp³-hybridized carbons (Fsp3) is 0.611. The van der Waals surface area contributed by atoms with Crippen LogP contribution < -0.4 is 10.7 Å². The number of unbranched alkanes of at least 4 members (excludes halogenated alkanes) is 4. The van der Waals surface area contributed by atoms with Crippen molar-refractivity contribution in [1.29, 1.82) is 0 Å². The second kappa shape index (κ2) is 9.46. The standard InChI is InChI=1S/C18H26N8O4/c1-3-4-5-6-7-10-18(2)16(28)26(17(29)22-18)24-12(27)8-9-13-21-15(25-30-13)14-19-11-20-23-14/h11H,3-10H2,1-2H3,(H,22,29)(H,24,27)(H,19,20,23). The lowest BCUT2D eigenvalue weighted by Gasteiger charge is -2.21. The highest BCUT2D eigenvalue weighted by molar-refractivity contribution is 6.07. The van der Waals surface area contributed by atoms with Gasteiger partial charge in [-0.3, -0.25) is 20.1 Å². The molecule has 4 amide bonds. The number of aromatic amines is 1. The molecule has 30 heavy (non-hydrogen) atoms. The normalized spacial score (nSPS) is 18.7. The minimum absolute atomic E-state index is 0.0389. The van der Waals surface area contributed by atoms with Crippen molar-refractivity contribution in [3.63, 3.8) is 0 Å². The van der Waals surface area contributed by atoms with Crippen molar-refractivity contribution in [2.75, 3.05) is 0 Å². The van der Waals surface area contributed by atoms with Gasteiger partial charge in [0, 0.05) is 12.8 Å². The Hall–Kier alpha value is -3.31. The Morgan fingerprint density at radius 2 is 2.07 bits per heavy atom. The number of urea groups is 1. The highest BCUT2D eigenvalue weighted by atomic mass is 16.5. The largest absolute Gasteiger partial charge is 0.344 e. The number of carbonyl (C=O) groups is 3. The molecule has 0 saturated carbocycles. The summed E-state index contributed by atoms with van der Waals surface area (Å²) in [5.74, 6) is -0.160. The van der Waals surface area contributed by atoms with Crippen LogP contribution in [0.25, 0.3) is 11.6 Å². The molecule has 0 spiro atoms. The number of nitrogens with zero attached hydrogens (tertiary/aromatic N) is 5. The molecule has 3 heterocycles. The number of rotatable bonds is 11. The number of amides is 4. The quantitative estimate of drug-likeness (QED) is 0.365. The van der Waals surface area contributed by atoms with E-state index < -0.39 is 23.4 Å². The lowest BCUT2D eigenvalue weighted by Crippen LogP contribution is -2.48. The third kappa shape index (κ3) is 4.99. The Bertz CT molecular complexity index is 881. The smallest absolute Gasteiger partial charge is 0.339 e. The third-order valence-electron chi connectivity index (χ3n) is 4.94.